The first-order chi connectivity index (χ1) is 19.5. The van der Waals surface area contributed by atoms with Gasteiger partial charge in [0.05, 0.1) is 6.61 Å². The summed E-state index contributed by atoms with van der Waals surface area (Å²) >= 11 is 0. The van der Waals surface area contributed by atoms with Crippen molar-refractivity contribution >= 4 is 17.8 Å². The summed E-state index contributed by atoms with van der Waals surface area (Å²) in [6, 6.07) is 0. The Bertz CT molecular complexity index is 602. The molecule has 0 aliphatic rings. The molecule has 0 aromatic heterocycles. The summed E-state index contributed by atoms with van der Waals surface area (Å²) in [6.45, 7) is 9.05. The van der Waals surface area contributed by atoms with Crippen molar-refractivity contribution < 1.29 is 29.0 Å². The van der Waals surface area contributed by atoms with Crippen LogP contribution >= 0.6 is 0 Å². The van der Waals surface area contributed by atoms with Gasteiger partial charge in [-0.05, 0) is 65.1 Å². The van der Waals surface area contributed by atoms with Crippen molar-refractivity contribution in [3.63, 3.8) is 0 Å². The average Bonchev–Trinajstić information content (AvgIpc) is 2.93. The van der Waals surface area contributed by atoms with Crippen LogP contribution in [0.1, 0.15) is 142 Å². The van der Waals surface area contributed by atoms with Gasteiger partial charge in [-0.1, -0.05) is 84.0 Å². The third-order valence-corrected chi connectivity index (χ3v) is 7.14. The molecule has 1 amide bonds. The van der Waals surface area contributed by atoms with Gasteiger partial charge in [-0.25, -0.2) is 0 Å². The van der Waals surface area contributed by atoms with Crippen LogP contribution in [0.2, 0.25) is 0 Å². The maximum atomic E-state index is 11.9. The highest BCUT2D eigenvalue weighted by Crippen LogP contribution is 2.11. The number of amides is 1. The molecule has 8 heteroatoms. The van der Waals surface area contributed by atoms with Crippen LogP contribution in [0, 0.1) is 0 Å². The summed E-state index contributed by atoms with van der Waals surface area (Å²) in [7, 11) is 0. The van der Waals surface area contributed by atoms with E-state index in [1.807, 2.05) is 6.92 Å². The minimum Gasteiger partial charge on any atom is -0.481 e. The Hall–Kier alpha value is -1.67. The van der Waals surface area contributed by atoms with Gasteiger partial charge in [0.2, 0.25) is 5.91 Å². The van der Waals surface area contributed by atoms with E-state index in [9.17, 15) is 14.4 Å². The van der Waals surface area contributed by atoms with Crippen LogP contribution in [-0.2, 0) is 23.9 Å². The second-order valence-corrected chi connectivity index (χ2v) is 11.0. The van der Waals surface area contributed by atoms with Crippen molar-refractivity contribution in [2.24, 2.45) is 0 Å². The Balaban J connectivity index is 3.95. The van der Waals surface area contributed by atoms with E-state index in [-0.39, 0.29) is 24.9 Å². The second-order valence-electron chi connectivity index (χ2n) is 11.0. The van der Waals surface area contributed by atoms with E-state index in [4.69, 9.17) is 14.6 Å². The fraction of sp³-hybridized carbons (Fsp3) is 0.906. The Morgan fingerprint density at radius 1 is 0.650 bits per heavy atom. The number of unbranched alkanes of at least 4 members (excludes halogenated alkanes) is 14. The molecular formula is C32H62N2O6. The fourth-order valence-corrected chi connectivity index (χ4v) is 4.71. The summed E-state index contributed by atoms with van der Waals surface area (Å²) < 4.78 is 10.5. The number of esters is 1. The molecule has 0 aliphatic carbocycles. The molecule has 0 aliphatic heterocycles. The maximum absolute atomic E-state index is 11.9. The van der Waals surface area contributed by atoms with Gasteiger partial charge in [0.25, 0.3) is 0 Å². The number of carbonyl (C=O) groups excluding carboxylic acids is 2. The molecule has 0 radical (unpaired) electrons. The molecule has 0 saturated carbocycles. The molecule has 0 aromatic rings. The lowest BCUT2D eigenvalue weighted by Crippen LogP contribution is -2.33. The summed E-state index contributed by atoms with van der Waals surface area (Å²) in [6.07, 6.45) is 20.8. The van der Waals surface area contributed by atoms with Gasteiger partial charge in [0.15, 0.2) is 0 Å². The number of rotatable bonds is 31. The Kier molecular flexibility index (Phi) is 29.0. The minimum atomic E-state index is -0.710. The van der Waals surface area contributed by atoms with E-state index < -0.39 is 5.97 Å². The topological polar surface area (TPSA) is 105 Å². The van der Waals surface area contributed by atoms with Gasteiger partial charge in [0.1, 0.15) is 6.61 Å². The molecule has 0 aromatic carbocycles. The summed E-state index contributed by atoms with van der Waals surface area (Å²) in [5.74, 6) is -0.817. The lowest BCUT2D eigenvalue weighted by atomic mass is 10.1. The zero-order chi connectivity index (χ0) is 29.5. The molecule has 236 valence electrons. The second kappa shape index (κ2) is 30.3. The van der Waals surface area contributed by atoms with Gasteiger partial charge in [-0.2, -0.15) is 0 Å². The number of carboxylic acids is 1. The van der Waals surface area contributed by atoms with Crippen molar-refractivity contribution in [1.29, 1.82) is 0 Å². The smallest absolute Gasteiger partial charge is 0.305 e. The van der Waals surface area contributed by atoms with E-state index >= 15 is 0 Å². The van der Waals surface area contributed by atoms with Crippen LogP contribution in [0.15, 0.2) is 0 Å². The fourth-order valence-electron chi connectivity index (χ4n) is 4.71. The van der Waals surface area contributed by atoms with E-state index in [2.05, 4.69) is 17.1 Å². The van der Waals surface area contributed by atoms with Gasteiger partial charge in [-0.3, -0.25) is 14.4 Å². The van der Waals surface area contributed by atoms with Crippen molar-refractivity contribution in [1.82, 2.24) is 10.2 Å². The van der Waals surface area contributed by atoms with Gasteiger partial charge in [0, 0.05) is 26.0 Å². The third-order valence-electron chi connectivity index (χ3n) is 7.14. The number of carboxylic acid groups (broad SMARTS) is 1. The van der Waals surface area contributed by atoms with Gasteiger partial charge >= 0.3 is 11.9 Å². The molecule has 0 spiro atoms. The van der Waals surface area contributed by atoms with Crippen molar-refractivity contribution in [3.05, 3.63) is 0 Å². The number of nitrogens with one attached hydrogen (secondary N) is 1. The van der Waals surface area contributed by atoms with Crippen molar-refractivity contribution in [2.45, 2.75) is 142 Å². The summed E-state index contributed by atoms with van der Waals surface area (Å²) in [4.78, 5) is 36.8. The van der Waals surface area contributed by atoms with Gasteiger partial charge in [-0.15, -0.1) is 0 Å². The average molecular weight is 571 g/mol. The van der Waals surface area contributed by atoms with Crippen LogP contribution in [0.3, 0.4) is 0 Å². The molecule has 0 rings (SSSR count). The Labute approximate surface area is 245 Å². The van der Waals surface area contributed by atoms with Gasteiger partial charge < -0.3 is 24.8 Å². The minimum absolute atomic E-state index is 0.0477. The number of ether oxygens (including phenoxy) is 2. The standard InChI is InChI=1S/C32H62N2O6/c1-3-5-6-7-8-15-20-28-40-32(38)23-17-12-10-14-19-26-34(25-18-13-9-11-16-22-31(36)37)27-21-24-33-30(35)29-39-4-2/h3-29H2,1-2H3,(H,33,35)(H,36,37). The van der Waals surface area contributed by atoms with Crippen LogP contribution in [0.5, 0.6) is 0 Å². The lowest BCUT2D eigenvalue weighted by Gasteiger charge is -2.22. The number of hydrogen-bond acceptors (Lipinski definition) is 6. The normalized spacial score (nSPS) is 11.2. The predicted octanol–water partition coefficient (Wildman–Crippen LogP) is 6.89. The molecule has 0 atom stereocenters. The molecule has 8 nitrogen and oxygen atoms in total. The molecule has 40 heavy (non-hydrogen) atoms. The van der Waals surface area contributed by atoms with Crippen LogP contribution in [0.25, 0.3) is 0 Å². The summed E-state index contributed by atoms with van der Waals surface area (Å²) in [5.41, 5.74) is 0. The quantitative estimate of drug-likeness (QED) is 0.0690. The van der Waals surface area contributed by atoms with Crippen LogP contribution in [0.4, 0.5) is 0 Å². The lowest BCUT2D eigenvalue weighted by molar-refractivity contribution is -0.144. The first kappa shape index (κ1) is 38.3. The van der Waals surface area contributed by atoms with E-state index in [1.54, 1.807) is 0 Å². The summed E-state index contributed by atoms with van der Waals surface area (Å²) in [5, 5.41) is 11.7. The highest BCUT2D eigenvalue weighted by Gasteiger charge is 2.07. The first-order valence-electron chi connectivity index (χ1n) is 16.4. The number of hydrogen-bond donors (Lipinski definition) is 2. The van der Waals surface area contributed by atoms with Crippen LogP contribution in [-0.4, -0.2) is 73.9 Å². The zero-order valence-electron chi connectivity index (χ0n) is 26.0. The highest BCUT2D eigenvalue weighted by molar-refractivity contribution is 5.77. The SMILES string of the molecule is CCCCCCCCCOC(=O)CCCCCCCN(CCCCCCCC(=O)O)CCCNC(=O)COCC. The maximum Gasteiger partial charge on any atom is 0.305 e. The monoisotopic (exact) mass is 570 g/mol. The Morgan fingerprint density at radius 3 is 1.77 bits per heavy atom. The molecule has 0 fully saturated rings. The van der Waals surface area contributed by atoms with Crippen molar-refractivity contribution in [3.8, 4) is 0 Å². The largest absolute Gasteiger partial charge is 0.481 e. The predicted molar refractivity (Wildman–Crippen MR) is 163 cm³/mol. The molecule has 0 unspecified atom stereocenters. The van der Waals surface area contributed by atoms with E-state index in [1.165, 1.54) is 32.1 Å². The molecular weight excluding hydrogens is 508 g/mol. The molecule has 0 saturated heterocycles. The van der Waals surface area contributed by atoms with Crippen LogP contribution < -0.4 is 5.32 Å². The zero-order valence-corrected chi connectivity index (χ0v) is 26.0. The number of nitrogens with zero attached hydrogens (tertiary/aromatic N) is 1. The molecule has 2 N–H and O–H groups in total. The third kappa shape index (κ3) is 29.3. The highest BCUT2D eigenvalue weighted by atomic mass is 16.5. The van der Waals surface area contributed by atoms with Crippen molar-refractivity contribution in [2.75, 3.05) is 46.0 Å². The van der Waals surface area contributed by atoms with E-state index in [0.29, 0.717) is 26.2 Å². The van der Waals surface area contributed by atoms with E-state index in [0.717, 1.165) is 103 Å². The molecule has 0 bridgehead atoms. The Morgan fingerprint density at radius 2 is 1.18 bits per heavy atom. The number of carbonyl (C=O) groups is 3. The molecule has 0 heterocycles. The number of aliphatic carboxylic acids is 1. The first-order valence-corrected chi connectivity index (χ1v) is 16.4.